The van der Waals surface area contributed by atoms with E-state index in [0.29, 0.717) is 0 Å². The van der Waals surface area contributed by atoms with E-state index in [2.05, 4.69) is 0 Å². The van der Waals surface area contributed by atoms with Gasteiger partial charge in [-0.3, -0.25) is 0 Å². The molecule has 0 radical (unpaired) electrons. The third-order valence-corrected chi connectivity index (χ3v) is 0. The third kappa shape index (κ3) is 9.12. The Morgan fingerprint density at radius 1 is 0.750 bits per heavy atom. The smallest absolute Gasteiger partial charge is 1.00 e. The molecule has 0 saturated heterocycles. The normalized spacial score (nSPS) is 0. The molecule has 0 saturated carbocycles. The van der Waals surface area contributed by atoms with E-state index in [4.69, 9.17) is 0 Å². The average Bonchev–Trinajstić information content (AvgIpc) is 0. The summed E-state index contributed by atoms with van der Waals surface area (Å²) in [6.07, 6.45) is 0. The zero-order valence-electron chi connectivity index (χ0n) is 1.82. The Hall–Kier alpha value is 1.87. The van der Waals surface area contributed by atoms with Gasteiger partial charge >= 0.3 is 23.1 Å². The van der Waals surface area contributed by atoms with Crippen LogP contribution in [-0.2, 0) is 17.1 Å². The van der Waals surface area contributed by atoms with Crippen molar-refractivity contribution in [2.24, 2.45) is 0 Å². The quantitative estimate of drug-likeness (QED) is 0.302. The van der Waals surface area contributed by atoms with Gasteiger partial charge in [0.2, 0.25) is 0 Å². The van der Waals surface area contributed by atoms with Gasteiger partial charge in [-0.25, -0.2) is 0 Å². The van der Waals surface area contributed by atoms with Crippen LogP contribution in [0.3, 0.4) is 0 Å². The van der Waals surface area contributed by atoms with Gasteiger partial charge in [-0.15, -0.1) is 0 Å². The first-order valence-corrected chi connectivity index (χ1v) is 0. The first-order chi connectivity index (χ1) is 0. The van der Waals surface area contributed by atoms with Gasteiger partial charge in [-0.05, 0) is 0 Å². The fourth-order valence-electron chi connectivity index (χ4n) is 0. The van der Waals surface area contributed by atoms with Gasteiger partial charge in [0.05, 0.1) is 0 Å². The molecule has 0 heterocycles. The Bertz CT molecular complexity index is 6.00. The molecule has 0 amide bonds. The predicted octanol–water partition coefficient (Wildman–Crippen LogP) is -6.38. The first kappa shape index (κ1) is 39.9. The van der Waals surface area contributed by atoms with Gasteiger partial charge in [0, 0.05) is 17.1 Å². The molecule has 0 aromatic carbocycles. The number of rotatable bonds is 0. The summed E-state index contributed by atoms with van der Waals surface area (Å²) in [5.41, 5.74) is 0. The Balaban J connectivity index is 0. The van der Waals surface area contributed by atoms with E-state index in [1.54, 1.807) is 0 Å². The molecule has 0 spiro atoms. The molecule has 0 aliphatic heterocycles. The van der Waals surface area contributed by atoms with Gasteiger partial charge in [0.15, 0.2) is 0 Å². The second-order valence-electron chi connectivity index (χ2n) is 0. The number of hydrogen-bond acceptors (Lipinski definition) is 0. The molecule has 4 heavy (non-hydrogen) atoms. The summed E-state index contributed by atoms with van der Waals surface area (Å²) in [6.45, 7) is 0. The summed E-state index contributed by atoms with van der Waals surface area (Å²) in [4.78, 5) is 0. The largest absolute Gasteiger partial charge is 2.00 e. The van der Waals surface area contributed by atoms with Gasteiger partial charge < -0.3 is 24.8 Å². The van der Waals surface area contributed by atoms with Crippen molar-refractivity contribution in [3.05, 3.63) is 0 Å². The van der Waals surface area contributed by atoms with Crippen molar-refractivity contribution in [2.75, 3.05) is 0 Å². The van der Waals surface area contributed by atoms with Crippen molar-refractivity contribution in [3.63, 3.8) is 0 Å². The molecule has 0 rings (SSSR count). The van der Waals surface area contributed by atoms with Gasteiger partial charge in [-0.1, -0.05) is 0 Å². The molecule has 0 unspecified atom stereocenters. The zero-order valence-corrected chi connectivity index (χ0v) is 5.85. The fraction of sp³-hybridized carbons (Fsp3) is 0. The van der Waals surface area contributed by atoms with E-state index in [1.165, 1.54) is 0 Å². The zero-order chi connectivity index (χ0) is 0. The van der Waals surface area contributed by atoms with E-state index in [1.807, 2.05) is 0 Å². The molecular formula is Cl2FeMg. The maximum atomic E-state index is 0. The second kappa shape index (κ2) is 20.9. The predicted molar refractivity (Wildman–Crippen MR) is 5.75 cm³/mol. The van der Waals surface area contributed by atoms with Crippen molar-refractivity contribution < 1.29 is 41.9 Å². The topological polar surface area (TPSA) is 0 Å². The minimum absolute atomic E-state index is 0. The molecule has 0 aromatic heterocycles. The van der Waals surface area contributed by atoms with E-state index >= 15 is 0 Å². The Morgan fingerprint density at radius 2 is 0.750 bits per heavy atom. The molecule has 0 N–H and O–H groups in total. The van der Waals surface area contributed by atoms with Crippen molar-refractivity contribution in [1.29, 1.82) is 0 Å². The molecule has 0 aliphatic carbocycles. The number of halogens is 2. The van der Waals surface area contributed by atoms with Crippen molar-refractivity contribution in [2.45, 2.75) is 0 Å². The molecule has 0 aromatic rings. The maximum absolute atomic E-state index is 0. The van der Waals surface area contributed by atoms with Crippen molar-refractivity contribution >= 4 is 23.1 Å². The summed E-state index contributed by atoms with van der Waals surface area (Å²) in [5.74, 6) is 0. The Labute approximate surface area is 64.5 Å². The van der Waals surface area contributed by atoms with Crippen LogP contribution in [0.5, 0.6) is 0 Å². The fourth-order valence-corrected chi connectivity index (χ4v) is 0. The minimum Gasteiger partial charge on any atom is -1.00 e. The van der Waals surface area contributed by atoms with Crippen LogP contribution in [0.4, 0.5) is 0 Å². The summed E-state index contributed by atoms with van der Waals surface area (Å²) in [7, 11) is 0. The van der Waals surface area contributed by atoms with Crippen LogP contribution in [0.15, 0.2) is 0 Å². The number of hydrogen-bond donors (Lipinski definition) is 0. The van der Waals surface area contributed by atoms with Crippen LogP contribution >= 0.6 is 0 Å². The average molecular weight is 151 g/mol. The van der Waals surface area contributed by atoms with Gasteiger partial charge in [-0.2, -0.15) is 0 Å². The standard InChI is InChI=1S/2ClH.Fe.Mg/h2*1H;;/q;;;+2/p-2. The van der Waals surface area contributed by atoms with Crippen molar-refractivity contribution in [1.82, 2.24) is 0 Å². The molecule has 4 heteroatoms. The second-order valence-corrected chi connectivity index (χ2v) is 0. The van der Waals surface area contributed by atoms with Crippen molar-refractivity contribution in [3.8, 4) is 0 Å². The van der Waals surface area contributed by atoms with Crippen LogP contribution in [0, 0.1) is 0 Å². The summed E-state index contributed by atoms with van der Waals surface area (Å²) < 4.78 is 0. The Morgan fingerprint density at radius 3 is 0.750 bits per heavy atom. The molecule has 0 fully saturated rings. The van der Waals surface area contributed by atoms with Crippen LogP contribution in [0.2, 0.25) is 0 Å². The Kier molecular flexibility index (Phi) is 208. The molecule has 0 aliphatic rings. The van der Waals surface area contributed by atoms with Gasteiger partial charge in [0.1, 0.15) is 0 Å². The molecule has 24 valence electrons. The van der Waals surface area contributed by atoms with E-state index in [-0.39, 0.29) is 64.9 Å². The third-order valence-electron chi connectivity index (χ3n) is 0. The molecule has 0 nitrogen and oxygen atoms in total. The summed E-state index contributed by atoms with van der Waals surface area (Å²) in [5, 5.41) is 0. The van der Waals surface area contributed by atoms with Crippen LogP contribution in [0.1, 0.15) is 0 Å². The first-order valence-electron chi connectivity index (χ1n) is 0. The van der Waals surface area contributed by atoms with Crippen LogP contribution in [-0.4, -0.2) is 23.1 Å². The SMILES string of the molecule is [Cl-].[Cl-].[Fe].[Mg+2]. The summed E-state index contributed by atoms with van der Waals surface area (Å²) in [6, 6.07) is 0. The van der Waals surface area contributed by atoms with Gasteiger partial charge in [0.25, 0.3) is 0 Å². The van der Waals surface area contributed by atoms with E-state index < -0.39 is 0 Å². The molecular weight excluding hydrogens is 151 g/mol. The minimum atomic E-state index is 0. The van der Waals surface area contributed by atoms with Crippen LogP contribution in [0.25, 0.3) is 0 Å². The summed E-state index contributed by atoms with van der Waals surface area (Å²) >= 11 is 0. The maximum Gasteiger partial charge on any atom is 2.00 e. The monoisotopic (exact) mass is 150 g/mol. The molecule has 0 atom stereocenters. The molecule has 0 bridgehead atoms. The van der Waals surface area contributed by atoms with E-state index in [0.717, 1.165) is 0 Å². The van der Waals surface area contributed by atoms with E-state index in [9.17, 15) is 0 Å². The van der Waals surface area contributed by atoms with Crippen LogP contribution < -0.4 is 24.8 Å².